The highest BCUT2D eigenvalue weighted by atomic mass is 32.1. The van der Waals surface area contributed by atoms with Crippen LogP contribution < -0.4 is 9.47 Å². The first kappa shape index (κ1) is 12.2. The highest BCUT2D eigenvalue weighted by Gasteiger charge is 2.29. The monoisotopic (exact) mass is 274 g/mol. The molecule has 0 saturated heterocycles. The van der Waals surface area contributed by atoms with Gasteiger partial charge in [0.1, 0.15) is 17.6 Å². The molecule has 19 heavy (non-hydrogen) atoms. The van der Waals surface area contributed by atoms with Gasteiger partial charge in [0.2, 0.25) is 0 Å². The molecule has 0 N–H and O–H groups in total. The molecule has 1 aliphatic heterocycles. The molecular formula is C15H14O3S. The maximum absolute atomic E-state index is 12.2. The normalized spacial score (nSPS) is 17.8. The molecule has 1 aromatic carbocycles. The van der Waals surface area contributed by atoms with Crippen LogP contribution in [0, 0.1) is 6.92 Å². The first-order chi connectivity index (χ1) is 9.19. The second-order valence-electron chi connectivity index (χ2n) is 4.56. The Labute approximate surface area is 115 Å². The van der Waals surface area contributed by atoms with Gasteiger partial charge in [0.05, 0.1) is 19.1 Å². The second kappa shape index (κ2) is 4.70. The van der Waals surface area contributed by atoms with Gasteiger partial charge in [-0.3, -0.25) is 4.79 Å². The van der Waals surface area contributed by atoms with Crippen LogP contribution in [0.2, 0.25) is 0 Å². The first-order valence-electron chi connectivity index (χ1n) is 6.11. The number of aryl methyl sites for hydroxylation is 1. The molecule has 98 valence electrons. The Balaban J connectivity index is 1.97. The van der Waals surface area contributed by atoms with Gasteiger partial charge in [-0.25, -0.2) is 0 Å². The van der Waals surface area contributed by atoms with Gasteiger partial charge in [0, 0.05) is 4.88 Å². The maximum Gasteiger partial charge on any atom is 0.170 e. The van der Waals surface area contributed by atoms with Crippen molar-refractivity contribution in [2.24, 2.45) is 0 Å². The number of carbonyl (C=O) groups excluding carboxylic acids is 1. The summed E-state index contributed by atoms with van der Waals surface area (Å²) < 4.78 is 11.1. The molecular weight excluding hydrogens is 260 g/mol. The number of hydrogen-bond acceptors (Lipinski definition) is 4. The van der Waals surface area contributed by atoms with Crippen LogP contribution in [-0.2, 0) is 0 Å². The van der Waals surface area contributed by atoms with E-state index in [0.29, 0.717) is 23.5 Å². The number of carbonyl (C=O) groups is 1. The Morgan fingerprint density at radius 1 is 1.37 bits per heavy atom. The molecule has 4 heteroatoms. The summed E-state index contributed by atoms with van der Waals surface area (Å²) in [5.74, 6) is 1.44. The van der Waals surface area contributed by atoms with E-state index in [1.165, 1.54) is 5.56 Å². The Morgan fingerprint density at radius 2 is 2.21 bits per heavy atom. The quantitative estimate of drug-likeness (QED) is 0.836. The van der Waals surface area contributed by atoms with E-state index in [1.54, 1.807) is 30.6 Å². The number of benzene rings is 1. The minimum Gasteiger partial charge on any atom is -0.497 e. The molecule has 1 unspecified atom stereocenters. The third-order valence-electron chi connectivity index (χ3n) is 3.32. The van der Waals surface area contributed by atoms with E-state index in [2.05, 4.69) is 6.07 Å². The van der Waals surface area contributed by atoms with Gasteiger partial charge in [-0.15, -0.1) is 11.3 Å². The van der Waals surface area contributed by atoms with E-state index >= 15 is 0 Å². The molecule has 3 nitrogen and oxygen atoms in total. The maximum atomic E-state index is 12.2. The van der Waals surface area contributed by atoms with Crippen LogP contribution in [0.25, 0.3) is 0 Å². The van der Waals surface area contributed by atoms with E-state index in [0.717, 1.165) is 4.88 Å². The predicted molar refractivity (Wildman–Crippen MR) is 74.4 cm³/mol. The number of hydrogen-bond donors (Lipinski definition) is 0. The average Bonchev–Trinajstić information content (AvgIpc) is 2.84. The third-order valence-corrected chi connectivity index (χ3v) is 4.43. The minimum absolute atomic E-state index is 0.109. The summed E-state index contributed by atoms with van der Waals surface area (Å²) in [6.07, 6.45) is 0.232. The smallest absolute Gasteiger partial charge is 0.170 e. The number of thiophene rings is 1. The predicted octanol–water partition coefficient (Wildman–Crippen LogP) is 3.77. The van der Waals surface area contributed by atoms with Crippen molar-refractivity contribution in [1.82, 2.24) is 0 Å². The van der Waals surface area contributed by atoms with Crippen LogP contribution in [0.4, 0.5) is 0 Å². The average molecular weight is 274 g/mol. The highest BCUT2D eigenvalue weighted by molar-refractivity contribution is 7.10. The number of rotatable bonds is 2. The fraction of sp³-hybridized carbons (Fsp3) is 0.267. The lowest BCUT2D eigenvalue weighted by molar-refractivity contribution is 0.0853. The van der Waals surface area contributed by atoms with E-state index in [9.17, 15) is 4.79 Å². The molecule has 1 aromatic heterocycles. The molecule has 0 spiro atoms. The van der Waals surface area contributed by atoms with Gasteiger partial charge < -0.3 is 9.47 Å². The zero-order valence-electron chi connectivity index (χ0n) is 10.8. The summed E-state index contributed by atoms with van der Waals surface area (Å²) in [5, 5.41) is 2.03. The van der Waals surface area contributed by atoms with Gasteiger partial charge in [-0.05, 0) is 42.1 Å². The molecule has 0 aliphatic carbocycles. The van der Waals surface area contributed by atoms with Crippen molar-refractivity contribution in [3.05, 3.63) is 45.6 Å². The topological polar surface area (TPSA) is 35.5 Å². The van der Waals surface area contributed by atoms with E-state index in [1.807, 2.05) is 18.4 Å². The number of Topliss-reactive ketones (excluding diaryl/α,β-unsaturated/α-hetero) is 1. The molecule has 0 fully saturated rings. The molecule has 0 saturated carbocycles. The van der Waals surface area contributed by atoms with Crippen molar-refractivity contribution < 1.29 is 14.3 Å². The zero-order valence-corrected chi connectivity index (χ0v) is 11.6. The number of methoxy groups -OCH3 is 1. The van der Waals surface area contributed by atoms with Crippen molar-refractivity contribution in [3.63, 3.8) is 0 Å². The van der Waals surface area contributed by atoms with Gasteiger partial charge >= 0.3 is 0 Å². The van der Waals surface area contributed by atoms with Crippen LogP contribution >= 0.6 is 11.3 Å². The largest absolute Gasteiger partial charge is 0.497 e. The molecule has 0 radical (unpaired) electrons. The summed E-state index contributed by atoms with van der Waals surface area (Å²) in [6.45, 7) is 2.04. The van der Waals surface area contributed by atoms with Crippen LogP contribution in [-0.4, -0.2) is 12.9 Å². The number of fused-ring (bicyclic) bond motifs is 1. The second-order valence-corrected chi connectivity index (χ2v) is 5.51. The van der Waals surface area contributed by atoms with Crippen molar-refractivity contribution in [2.45, 2.75) is 19.4 Å². The van der Waals surface area contributed by atoms with Crippen molar-refractivity contribution in [1.29, 1.82) is 0 Å². The molecule has 3 rings (SSSR count). The Morgan fingerprint density at radius 3 is 2.89 bits per heavy atom. The summed E-state index contributed by atoms with van der Waals surface area (Å²) in [6, 6.07) is 7.42. The third kappa shape index (κ3) is 2.12. The number of ketones is 1. The SMILES string of the molecule is COc1ccc2c(c1)C(=O)CC(c1sccc1C)O2. The molecule has 0 bridgehead atoms. The van der Waals surface area contributed by atoms with Crippen molar-refractivity contribution >= 4 is 17.1 Å². The van der Waals surface area contributed by atoms with Crippen LogP contribution in [0.15, 0.2) is 29.6 Å². The lowest BCUT2D eigenvalue weighted by atomic mass is 9.98. The summed E-state index contributed by atoms with van der Waals surface area (Å²) >= 11 is 1.64. The van der Waals surface area contributed by atoms with Crippen LogP contribution in [0.5, 0.6) is 11.5 Å². The molecule has 0 amide bonds. The fourth-order valence-electron chi connectivity index (χ4n) is 2.29. The zero-order chi connectivity index (χ0) is 13.4. The molecule has 1 aliphatic rings. The summed E-state index contributed by atoms with van der Waals surface area (Å²) in [7, 11) is 1.59. The molecule has 2 aromatic rings. The van der Waals surface area contributed by atoms with Crippen molar-refractivity contribution in [3.8, 4) is 11.5 Å². The van der Waals surface area contributed by atoms with Crippen molar-refractivity contribution in [2.75, 3.05) is 7.11 Å². The van der Waals surface area contributed by atoms with Gasteiger partial charge in [-0.1, -0.05) is 0 Å². The standard InChI is InChI=1S/C15H14O3S/c1-9-5-6-19-15(9)14-8-12(16)11-7-10(17-2)3-4-13(11)18-14/h3-7,14H,8H2,1-2H3. The molecule has 1 atom stereocenters. The minimum atomic E-state index is -0.159. The van der Waals surface area contributed by atoms with E-state index < -0.39 is 0 Å². The lowest BCUT2D eigenvalue weighted by Crippen LogP contribution is -2.20. The highest BCUT2D eigenvalue weighted by Crippen LogP contribution is 2.39. The Hall–Kier alpha value is -1.81. The Kier molecular flexibility index (Phi) is 3.03. The molecule has 2 heterocycles. The first-order valence-corrected chi connectivity index (χ1v) is 6.99. The van der Waals surface area contributed by atoms with Gasteiger partial charge in [0.15, 0.2) is 5.78 Å². The van der Waals surface area contributed by atoms with E-state index in [-0.39, 0.29) is 11.9 Å². The number of ether oxygens (including phenoxy) is 2. The van der Waals surface area contributed by atoms with Gasteiger partial charge in [-0.2, -0.15) is 0 Å². The fourth-order valence-corrected chi connectivity index (χ4v) is 3.25. The Bertz CT molecular complexity index is 630. The van der Waals surface area contributed by atoms with Crippen LogP contribution in [0.3, 0.4) is 0 Å². The lowest BCUT2D eigenvalue weighted by Gasteiger charge is -2.25. The summed E-state index contributed by atoms with van der Waals surface area (Å²) in [4.78, 5) is 13.4. The van der Waals surface area contributed by atoms with Crippen LogP contribution in [0.1, 0.15) is 33.3 Å². The summed E-state index contributed by atoms with van der Waals surface area (Å²) in [5.41, 5.74) is 1.80. The van der Waals surface area contributed by atoms with Gasteiger partial charge in [0.25, 0.3) is 0 Å². The van der Waals surface area contributed by atoms with E-state index in [4.69, 9.17) is 9.47 Å².